The Kier molecular flexibility index (Phi) is 4.38. The zero-order valence-corrected chi connectivity index (χ0v) is 11.6. The van der Waals surface area contributed by atoms with E-state index in [1.165, 1.54) is 5.56 Å². The van der Waals surface area contributed by atoms with Crippen LogP contribution < -0.4 is 0 Å². The van der Waals surface area contributed by atoms with Gasteiger partial charge in [-0.1, -0.05) is 44.2 Å². The van der Waals surface area contributed by atoms with E-state index in [0.717, 1.165) is 19.6 Å². The molecule has 0 aliphatic carbocycles. The third-order valence-corrected chi connectivity index (χ3v) is 4.06. The van der Waals surface area contributed by atoms with Crippen LogP contribution in [0.4, 0.5) is 0 Å². The van der Waals surface area contributed by atoms with E-state index in [1.807, 2.05) is 0 Å². The number of benzene rings is 1. The first-order valence-corrected chi connectivity index (χ1v) is 6.56. The van der Waals surface area contributed by atoms with E-state index < -0.39 is 0 Å². The molecule has 3 heteroatoms. The number of nitrogens with zero attached hydrogens (tertiary/aromatic N) is 1. The van der Waals surface area contributed by atoms with Crippen molar-refractivity contribution in [3.63, 3.8) is 0 Å². The van der Waals surface area contributed by atoms with Crippen LogP contribution in [0.1, 0.15) is 19.4 Å². The van der Waals surface area contributed by atoms with E-state index in [1.54, 1.807) is 7.11 Å². The van der Waals surface area contributed by atoms with E-state index in [2.05, 4.69) is 49.1 Å². The van der Waals surface area contributed by atoms with Crippen molar-refractivity contribution in [3.8, 4) is 0 Å². The normalized spacial score (nSPS) is 28.7. The highest BCUT2D eigenvalue weighted by Crippen LogP contribution is 2.36. The molecule has 1 aromatic carbocycles. The first-order valence-electron chi connectivity index (χ1n) is 6.56. The lowest BCUT2D eigenvalue weighted by molar-refractivity contribution is -0.289. The van der Waals surface area contributed by atoms with Crippen LogP contribution in [-0.4, -0.2) is 31.7 Å². The van der Waals surface area contributed by atoms with Gasteiger partial charge in [-0.25, -0.2) is 9.78 Å². The molecule has 0 N–H and O–H groups in total. The second-order valence-electron chi connectivity index (χ2n) is 5.64. The predicted molar refractivity (Wildman–Crippen MR) is 72.0 cm³/mol. The number of hydrogen-bond donors (Lipinski definition) is 0. The third-order valence-electron chi connectivity index (χ3n) is 4.06. The van der Waals surface area contributed by atoms with Crippen LogP contribution in [0.5, 0.6) is 0 Å². The quantitative estimate of drug-likeness (QED) is 0.591. The Morgan fingerprint density at radius 3 is 2.72 bits per heavy atom. The van der Waals surface area contributed by atoms with Gasteiger partial charge in [0.2, 0.25) is 0 Å². The maximum absolute atomic E-state index is 5.16. The largest absolute Gasteiger partial charge is 0.298 e. The van der Waals surface area contributed by atoms with E-state index in [9.17, 15) is 0 Å². The van der Waals surface area contributed by atoms with Crippen LogP contribution >= 0.6 is 0 Å². The van der Waals surface area contributed by atoms with Crippen LogP contribution in [0.15, 0.2) is 30.3 Å². The minimum atomic E-state index is 0.185. The van der Waals surface area contributed by atoms with Crippen molar-refractivity contribution in [2.45, 2.75) is 20.4 Å². The summed E-state index contributed by atoms with van der Waals surface area (Å²) in [5.41, 5.74) is 1.56. The van der Waals surface area contributed by atoms with Gasteiger partial charge >= 0.3 is 0 Å². The molecular formula is C15H23NO2. The molecule has 0 saturated carbocycles. The van der Waals surface area contributed by atoms with Gasteiger partial charge < -0.3 is 0 Å². The maximum atomic E-state index is 5.16. The van der Waals surface area contributed by atoms with Gasteiger partial charge in [-0.15, -0.1) is 0 Å². The summed E-state index contributed by atoms with van der Waals surface area (Å²) in [4.78, 5) is 12.4. The van der Waals surface area contributed by atoms with E-state index >= 15 is 0 Å². The molecule has 1 fully saturated rings. The topological polar surface area (TPSA) is 21.7 Å². The Balaban J connectivity index is 1.94. The van der Waals surface area contributed by atoms with Gasteiger partial charge in [0.05, 0.1) is 13.7 Å². The average molecular weight is 249 g/mol. The molecule has 2 atom stereocenters. The smallest absolute Gasteiger partial charge is 0.0891 e. The molecule has 2 rings (SSSR count). The summed E-state index contributed by atoms with van der Waals surface area (Å²) < 4.78 is 0. The Labute approximate surface area is 110 Å². The van der Waals surface area contributed by atoms with Gasteiger partial charge in [-0.2, -0.15) is 0 Å². The van der Waals surface area contributed by atoms with Crippen LogP contribution in [0.3, 0.4) is 0 Å². The van der Waals surface area contributed by atoms with Crippen molar-refractivity contribution in [2.24, 2.45) is 11.3 Å². The molecule has 100 valence electrons. The molecule has 0 amide bonds. The van der Waals surface area contributed by atoms with Gasteiger partial charge in [-0.05, 0) is 11.5 Å². The Bertz CT molecular complexity index is 368. The molecule has 1 aromatic rings. The molecule has 1 aliphatic heterocycles. The average Bonchev–Trinajstić information content (AvgIpc) is 2.64. The fraction of sp³-hybridized carbons (Fsp3) is 0.600. The monoisotopic (exact) mass is 249 g/mol. The molecule has 0 unspecified atom stereocenters. The maximum Gasteiger partial charge on any atom is 0.0891 e. The lowest BCUT2D eigenvalue weighted by Crippen LogP contribution is -2.31. The molecule has 18 heavy (non-hydrogen) atoms. The highest BCUT2D eigenvalue weighted by atomic mass is 17.2. The van der Waals surface area contributed by atoms with E-state index in [-0.39, 0.29) is 5.41 Å². The van der Waals surface area contributed by atoms with Crippen molar-refractivity contribution >= 4 is 0 Å². The summed E-state index contributed by atoms with van der Waals surface area (Å²) in [6.07, 6.45) is 0. The lowest BCUT2D eigenvalue weighted by Gasteiger charge is -2.27. The number of hydrogen-bond acceptors (Lipinski definition) is 3. The van der Waals surface area contributed by atoms with Crippen LogP contribution in [0.2, 0.25) is 0 Å². The van der Waals surface area contributed by atoms with Gasteiger partial charge in [0.15, 0.2) is 0 Å². The number of likely N-dealkylation sites (tertiary alicyclic amines) is 1. The van der Waals surface area contributed by atoms with E-state index in [4.69, 9.17) is 9.78 Å². The summed E-state index contributed by atoms with van der Waals surface area (Å²) in [6.45, 7) is 8.44. The predicted octanol–water partition coefficient (Wildman–Crippen LogP) is 2.72. The first-order chi connectivity index (χ1) is 8.64. The molecule has 3 nitrogen and oxygen atoms in total. The van der Waals surface area contributed by atoms with E-state index in [0.29, 0.717) is 12.5 Å². The molecule has 1 saturated heterocycles. The standard InChI is InChI=1S/C15H23NO2/c1-13-9-16(10-14-7-5-4-6-8-14)11-15(13,2)12-18-17-3/h4-8,13H,9-12H2,1-3H3/t13-,15-/m0/s1. The van der Waals surface area contributed by atoms with Crippen LogP contribution in [0, 0.1) is 11.3 Å². The SMILES string of the molecule is COOC[C@]1(C)CN(Cc2ccccc2)C[C@@H]1C. The third kappa shape index (κ3) is 3.10. The summed E-state index contributed by atoms with van der Waals surface area (Å²) in [6, 6.07) is 10.6. The molecule has 0 radical (unpaired) electrons. The van der Waals surface area contributed by atoms with Crippen molar-refractivity contribution in [1.82, 2.24) is 4.90 Å². The van der Waals surface area contributed by atoms with Gasteiger partial charge in [0, 0.05) is 25.0 Å². The zero-order valence-electron chi connectivity index (χ0n) is 11.6. The van der Waals surface area contributed by atoms with Crippen molar-refractivity contribution in [1.29, 1.82) is 0 Å². The van der Waals surface area contributed by atoms with Crippen LogP contribution in [0.25, 0.3) is 0 Å². The van der Waals surface area contributed by atoms with Crippen LogP contribution in [-0.2, 0) is 16.3 Å². The second kappa shape index (κ2) is 5.83. The summed E-state index contributed by atoms with van der Waals surface area (Å²) in [7, 11) is 1.57. The van der Waals surface area contributed by atoms with Crippen molar-refractivity contribution in [3.05, 3.63) is 35.9 Å². The Hall–Kier alpha value is -0.900. The van der Waals surface area contributed by atoms with Gasteiger partial charge in [-0.3, -0.25) is 4.90 Å². The minimum absolute atomic E-state index is 0.185. The fourth-order valence-corrected chi connectivity index (χ4v) is 2.68. The zero-order chi connectivity index (χ0) is 13.0. The molecule has 0 spiro atoms. The fourth-order valence-electron chi connectivity index (χ4n) is 2.68. The van der Waals surface area contributed by atoms with Crippen molar-refractivity contribution < 1.29 is 9.78 Å². The lowest BCUT2D eigenvalue weighted by atomic mass is 9.82. The summed E-state index contributed by atoms with van der Waals surface area (Å²) in [5.74, 6) is 0.622. The first kappa shape index (κ1) is 13.5. The second-order valence-corrected chi connectivity index (χ2v) is 5.64. The molecule has 1 aliphatic rings. The molecule has 0 bridgehead atoms. The minimum Gasteiger partial charge on any atom is -0.298 e. The molecular weight excluding hydrogens is 226 g/mol. The molecule has 0 aromatic heterocycles. The highest BCUT2D eigenvalue weighted by molar-refractivity contribution is 5.15. The number of rotatable bonds is 5. The Morgan fingerprint density at radius 2 is 2.06 bits per heavy atom. The molecule has 1 heterocycles. The van der Waals surface area contributed by atoms with Gasteiger partial charge in [0.25, 0.3) is 0 Å². The van der Waals surface area contributed by atoms with Crippen molar-refractivity contribution in [2.75, 3.05) is 26.8 Å². The highest BCUT2D eigenvalue weighted by Gasteiger charge is 2.40. The Morgan fingerprint density at radius 1 is 1.33 bits per heavy atom. The summed E-state index contributed by atoms with van der Waals surface area (Å²) in [5, 5.41) is 0. The van der Waals surface area contributed by atoms with Gasteiger partial charge in [0.1, 0.15) is 0 Å². The summed E-state index contributed by atoms with van der Waals surface area (Å²) >= 11 is 0.